The van der Waals surface area contributed by atoms with E-state index >= 15 is 0 Å². The van der Waals surface area contributed by atoms with Crippen LogP contribution in [0.15, 0.2) is 91.1 Å². The summed E-state index contributed by atoms with van der Waals surface area (Å²) in [6, 6.07) is 26.5. The van der Waals surface area contributed by atoms with Gasteiger partial charge in [0.15, 0.2) is 0 Å². The molecule has 1 saturated heterocycles. The molecule has 0 spiro atoms. The van der Waals surface area contributed by atoms with Gasteiger partial charge in [-0.2, -0.15) is 9.59 Å². The van der Waals surface area contributed by atoms with Crippen LogP contribution in [0.2, 0.25) is 0 Å². The number of rotatable bonds is 10. The maximum Gasteiger partial charge on any atom is 0.373 e. The highest BCUT2D eigenvalue weighted by Crippen LogP contribution is 2.45. The minimum absolute atomic E-state index is 0.155. The van der Waals surface area contributed by atoms with E-state index < -0.39 is 4.92 Å². The summed E-state index contributed by atoms with van der Waals surface area (Å²) in [5, 5.41) is 23.8. The van der Waals surface area contributed by atoms with Gasteiger partial charge in [0, 0.05) is 41.5 Å². The van der Waals surface area contributed by atoms with Crippen LogP contribution in [0.5, 0.6) is 0 Å². The number of hydrogen-bond acceptors (Lipinski definition) is 12. The van der Waals surface area contributed by atoms with Gasteiger partial charge in [0.2, 0.25) is 12.7 Å². The molecule has 14 heteroatoms. The Hall–Kier alpha value is -5.85. The summed E-state index contributed by atoms with van der Waals surface area (Å²) in [5.41, 5.74) is 4.33. The molecule has 1 N–H and O–H groups in total. The lowest BCUT2D eigenvalue weighted by atomic mass is 9.88. The molecule has 0 saturated carbocycles. The minimum Gasteiger partial charge on any atom is -0.468 e. The van der Waals surface area contributed by atoms with E-state index in [2.05, 4.69) is 41.4 Å². The Kier molecular flexibility index (Phi) is 20.6. The third-order valence-corrected chi connectivity index (χ3v) is 7.83. The maximum absolute atomic E-state index is 11.6. The Morgan fingerprint density at radius 3 is 2.02 bits per heavy atom. The molecule has 0 aromatic heterocycles. The van der Waals surface area contributed by atoms with Crippen LogP contribution in [0.4, 0.5) is 5.69 Å². The number of nitro groups is 2. The van der Waals surface area contributed by atoms with E-state index in [0.29, 0.717) is 12.3 Å². The molecule has 0 bridgehead atoms. The topological polar surface area (TPSA) is 196 Å². The summed E-state index contributed by atoms with van der Waals surface area (Å²) in [6.45, 7) is 6.40. The maximum atomic E-state index is 11.6. The highest BCUT2D eigenvalue weighted by molar-refractivity contribution is 5.77. The van der Waals surface area contributed by atoms with E-state index in [1.54, 1.807) is 19.1 Å². The second-order valence-electron chi connectivity index (χ2n) is 11.1. The van der Waals surface area contributed by atoms with Gasteiger partial charge in [-0.25, -0.2) is 0 Å². The van der Waals surface area contributed by atoms with E-state index in [1.807, 2.05) is 55.5 Å². The van der Waals surface area contributed by atoms with Crippen LogP contribution in [-0.4, -0.2) is 66.9 Å². The zero-order valence-corrected chi connectivity index (χ0v) is 29.0. The normalized spacial score (nSPS) is 17.3. The number of para-hydroxylation sites is 1. The summed E-state index contributed by atoms with van der Waals surface area (Å²) < 4.78 is 4.84. The van der Waals surface area contributed by atoms with Gasteiger partial charge in [-0.1, -0.05) is 92.7 Å². The van der Waals surface area contributed by atoms with Gasteiger partial charge in [-0.05, 0) is 36.1 Å². The average Bonchev–Trinajstić information content (AvgIpc) is 3.71. The lowest BCUT2D eigenvalue weighted by molar-refractivity contribution is -0.484. The predicted octanol–water partition coefficient (Wildman–Crippen LogP) is 5.30. The van der Waals surface area contributed by atoms with Crippen molar-refractivity contribution in [2.24, 2.45) is 5.92 Å². The number of nitrogens with zero attached hydrogens (tertiary/aromatic N) is 3. The Morgan fingerprint density at radius 1 is 0.980 bits per heavy atom. The van der Waals surface area contributed by atoms with Gasteiger partial charge in [0.1, 0.15) is 18.6 Å². The number of fused-ring (bicyclic) bond motifs is 3. The fourth-order valence-electron chi connectivity index (χ4n) is 5.51. The number of nitrogens with one attached hydrogen (secondary N) is 1. The molecule has 3 aromatic rings. The van der Waals surface area contributed by atoms with Crippen LogP contribution in [-0.2, 0) is 28.7 Å². The molecule has 3 aromatic carbocycles. The van der Waals surface area contributed by atoms with E-state index in [9.17, 15) is 34.6 Å². The third kappa shape index (κ3) is 14.7. The standard InChI is InChI=1S/C14H18N2O2.C11H13NO3.C8H7NO2.C3H6O.CO2/c1-3-16-12-7-5-4-6-9(12)10-8-11(14(17)18-2)15-13(10)16;1-9(8-13)11(7-12(14)15)10-5-3-2-4-6-10;10-9(11)7-6-8-4-2-1-3-5-8;1-2-3-4;2-1-3/h4-7,10-11,13,15H,3,8H2,1-2H3;2-6,8-9,11H,7H2,1H3;1-7H;3H,2H2,1H3;/b;;7-6+;;/t10-,11+,13+;9-,11-;;;/m11.../s1. The molecule has 2 heterocycles. The second kappa shape index (κ2) is 24.3. The van der Waals surface area contributed by atoms with Crippen molar-refractivity contribution in [3.05, 3.63) is 128 Å². The fraction of sp³-hybridized carbons (Fsp3) is 0.351. The zero-order valence-electron chi connectivity index (χ0n) is 29.0. The monoisotopic (exact) mass is 704 g/mol. The summed E-state index contributed by atoms with van der Waals surface area (Å²) in [5.74, 6) is -0.431. The van der Waals surface area contributed by atoms with E-state index in [4.69, 9.17) is 14.3 Å². The van der Waals surface area contributed by atoms with Crippen LogP contribution in [0.1, 0.15) is 62.1 Å². The van der Waals surface area contributed by atoms with Crippen molar-refractivity contribution >= 4 is 36.5 Å². The molecule has 272 valence electrons. The Bertz CT molecular complexity index is 1580. The van der Waals surface area contributed by atoms with E-state index in [1.165, 1.54) is 24.4 Å². The minimum atomic E-state index is -0.479. The summed E-state index contributed by atoms with van der Waals surface area (Å²) >= 11 is 0. The number of carbonyl (C=O) groups is 3. The van der Waals surface area contributed by atoms with Crippen LogP contribution in [0.25, 0.3) is 6.08 Å². The second-order valence-corrected chi connectivity index (χ2v) is 11.1. The molecule has 0 aliphatic carbocycles. The summed E-state index contributed by atoms with van der Waals surface area (Å²) in [6.07, 6.45) is 5.97. The molecule has 5 rings (SSSR count). The van der Waals surface area contributed by atoms with Gasteiger partial charge < -0.3 is 19.2 Å². The molecule has 5 atom stereocenters. The van der Waals surface area contributed by atoms with Crippen LogP contribution in [0.3, 0.4) is 0 Å². The average molecular weight is 705 g/mol. The van der Waals surface area contributed by atoms with Crippen molar-refractivity contribution in [2.45, 2.75) is 57.7 Å². The van der Waals surface area contributed by atoms with Crippen molar-refractivity contribution < 1.29 is 38.6 Å². The summed E-state index contributed by atoms with van der Waals surface area (Å²) in [4.78, 5) is 69.6. The van der Waals surface area contributed by atoms with Crippen molar-refractivity contribution in [1.82, 2.24) is 5.32 Å². The van der Waals surface area contributed by atoms with Crippen molar-refractivity contribution in [1.29, 1.82) is 0 Å². The molecule has 0 radical (unpaired) electrons. The Balaban J connectivity index is 0.000000358. The number of likely N-dealkylation sites (N-methyl/N-ethyl adjacent to an activating group) is 1. The smallest absolute Gasteiger partial charge is 0.373 e. The molecule has 2 aliphatic rings. The first kappa shape index (κ1) is 43.2. The largest absolute Gasteiger partial charge is 0.468 e. The third-order valence-electron chi connectivity index (χ3n) is 7.83. The van der Waals surface area contributed by atoms with Gasteiger partial charge in [-0.15, -0.1) is 0 Å². The van der Waals surface area contributed by atoms with Gasteiger partial charge in [-0.3, -0.25) is 30.3 Å². The molecule has 0 amide bonds. The van der Waals surface area contributed by atoms with E-state index in [0.717, 1.165) is 42.9 Å². The van der Waals surface area contributed by atoms with Crippen LogP contribution in [0, 0.1) is 26.1 Å². The number of ether oxygens (including phenoxy) is 1. The van der Waals surface area contributed by atoms with Gasteiger partial charge in [0.25, 0.3) is 0 Å². The highest BCUT2D eigenvalue weighted by atomic mass is 16.6. The number of aldehydes is 2. The van der Waals surface area contributed by atoms with Crippen molar-refractivity contribution in [3.8, 4) is 0 Å². The fourth-order valence-corrected chi connectivity index (χ4v) is 5.51. The highest BCUT2D eigenvalue weighted by Gasteiger charge is 2.46. The number of carbonyl (C=O) groups excluding carboxylic acids is 5. The first-order chi connectivity index (χ1) is 24.5. The molecule has 14 nitrogen and oxygen atoms in total. The molecule has 2 aliphatic heterocycles. The SMILES string of the molecule is CCC=O.CCN1c2ccccc2[C@H]2C[C@@H](C(=O)OC)N[C@H]21.C[C@H](C=O)[C@@H](C[N+](=O)[O-])c1ccccc1.O=C=O.O=[N+]([O-])/C=C/c1ccccc1. The molecule has 0 unspecified atom stereocenters. The number of methoxy groups -OCH3 is 1. The molecular formula is C37H44N4O10. The van der Waals surface area contributed by atoms with Crippen molar-refractivity contribution in [3.63, 3.8) is 0 Å². The molecule has 51 heavy (non-hydrogen) atoms. The lowest BCUT2D eigenvalue weighted by Gasteiger charge is -2.26. The van der Waals surface area contributed by atoms with Crippen LogP contribution >= 0.6 is 0 Å². The Morgan fingerprint density at radius 2 is 1.53 bits per heavy atom. The summed E-state index contributed by atoms with van der Waals surface area (Å²) in [7, 11) is 1.45. The van der Waals surface area contributed by atoms with Gasteiger partial charge >= 0.3 is 12.1 Å². The zero-order chi connectivity index (χ0) is 38.2. The van der Waals surface area contributed by atoms with Crippen molar-refractivity contribution in [2.75, 3.05) is 25.1 Å². The Labute approximate surface area is 296 Å². The van der Waals surface area contributed by atoms with Crippen LogP contribution < -0.4 is 10.2 Å². The quantitative estimate of drug-likeness (QED) is 0.124. The first-order valence-electron chi connectivity index (χ1n) is 16.1. The molecule has 1 fully saturated rings. The van der Waals surface area contributed by atoms with Gasteiger partial charge in [0.05, 0.1) is 24.1 Å². The molecular weight excluding hydrogens is 660 g/mol. The number of esters is 1. The first-order valence-corrected chi connectivity index (χ1v) is 16.1. The number of benzene rings is 3. The van der Waals surface area contributed by atoms with E-state index in [-0.39, 0.29) is 47.6 Å². The number of anilines is 1. The number of hydrogen-bond donors (Lipinski definition) is 1. The predicted molar refractivity (Wildman–Crippen MR) is 190 cm³/mol. The lowest BCUT2D eigenvalue weighted by Crippen LogP contribution is -2.45.